The minimum Gasteiger partial charge on any atom is -0.481 e. The van der Waals surface area contributed by atoms with Gasteiger partial charge < -0.3 is 9.47 Å². The number of ether oxygens (including phenoxy) is 2. The molecule has 2 aliphatic heterocycles. The Morgan fingerprint density at radius 3 is 2.54 bits per heavy atom. The largest absolute Gasteiger partial charge is 0.481 e. The van der Waals surface area contributed by atoms with Gasteiger partial charge in [-0.3, -0.25) is 4.90 Å². The lowest BCUT2D eigenvalue weighted by molar-refractivity contribution is -0.172. The van der Waals surface area contributed by atoms with Gasteiger partial charge in [0.25, 0.3) is 0 Å². The Balaban J connectivity index is 1.31. The zero-order chi connectivity index (χ0) is 19.0. The highest BCUT2D eigenvalue weighted by Crippen LogP contribution is 2.30. The number of rotatable bonds is 5. The maximum absolute atomic E-state index is 6.40. The average molecular weight is 443 g/mol. The Bertz CT molecular complexity index is 962. The Morgan fingerprint density at radius 2 is 1.82 bits per heavy atom. The standard InChI is InChI=1S/C21H23BrN4O2/c22-19-11-24-26-12-17(10-23-20(19)26)16-4-6-18(7-5-16)28-21(14-27-15-21)13-25-8-2-1-3-9-25/h4-7,10-12H,1-3,8-9,13-15H2. The van der Waals surface area contributed by atoms with Crippen molar-refractivity contribution in [3.63, 3.8) is 0 Å². The molecule has 2 aromatic heterocycles. The summed E-state index contributed by atoms with van der Waals surface area (Å²) in [7, 11) is 0. The van der Waals surface area contributed by atoms with Gasteiger partial charge in [0.15, 0.2) is 11.2 Å². The number of likely N-dealkylation sites (tertiary alicyclic amines) is 1. The van der Waals surface area contributed by atoms with E-state index in [1.807, 2.05) is 24.5 Å². The molecule has 5 rings (SSSR count). The number of piperidine rings is 1. The van der Waals surface area contributed by atoms with Gasteiger partial charge in [0.1, 0.15) is 5.75 Å². The van der Waals surface area contributed by atoms with Gasteiger partial charge in [0.2, 0.25) is 0 Å². The Morgan fingerprint density at radius 1 is 1.04 bits per heavy atom. The van der Waals surface area contributed by atoms with Crippen LogP contribution >= 0.6 is 15.9 Å². The molecule has 0 atom stereocenters. The SMILES string of the molecule is Brc1cnn2cc(-c3ccc(OC4(CN5CCCCC5)COC4)cc3)cnc12. The number of fused-ring (bicyclic) bond motifs is 1. The molecular formula is C21H23BrN4O2. The fraction of sp³-hybridized carbons (Fsp3) is 0.429. The van der Waals surface area contributed by atoms with Crippen LogP contribution in [0.1, 0.15) is 19.3 Å². The summed E-state index contributed by atoms with van der Waals surface area (Å²) in [6, 6.07) is 8.22. The van der Waals surface area contributed by atoms with Crippen LogP contribution in [0.3, 0.4) is 0 Å². The average Bonchev–Trinajstić information content (AvgIpc) is 3.08. The molecule has 0 amide bonds. The van der Waals surface area contributed by atoms with E-state index in [2.05, 4.69) is 43.0 Å². The molecule has 0 radical (unpaired) electrons. The number of nitrogens with zero attached hydrogens (tertiary/aromatic N) is 4. The van der Waals surface area contributed by atoms with Gasteiger partial charge in [-0.05, 0) is 59.6 Å². The molecule has 2 fully saturated rings. The van der Waals surface area contributed by atoms with Crippen LogP contribution in [-0.4, -0.2) is 57.9 Å². The van der Waals surface area contributed by atoms with E-state index in [1.54, 1.807) is 10.7 Å². The van der Waals surface area contributed by atoms with E-state index in [0.29, 0.717) is 13.2 Å². The monoisotopic (exact) mass is 442 g/mol. The molecule has 0 unspecified atom stereocenters. The van der Waals surface area contributed by atoms with Crippen molar-refractivity contribution in [3.8, 4) is 16.9 Å². The third-order valence-electron chi connectivity index (χ3n) is 5.53. The molecular weight excluding hydrogens is 420 g/mol. The van der Waals surface area contributed by atoms with Crippen molar-refractivity contribution in [2.24, 2.45) is 0 Å². The minimum absolute atomic E-state index is 0.208. The van der Waals surface area contributed by atoms with Gasteiger partial charge in [-0.15, -0.1) is 0 Å². The Labute approximate surface area is 172 Å². The quantitative estimate of drug-likeness (QED) is 0.601. The maximum Gasteiger partial charge on any atom is 0.169 e. The van der Waals surface area contributed by atoms with E-state index in [-0.39, 0.29) is 5.60 Å². The molecule has 0 spiro atoms. The summed E-state index contributed by atoms with van der Waals surface area (Å²) in [6.07, 6.45) is 9.54. The second-order valence-electron chi connectivity index (χ2n) is 7.74. The molecule has 2 aliphatic rings. The molecule has 3 aromatic rings. The summed E-state index contributed by atoms with van der Waals surface area (Å²) in [5.74, 6) is 0.889. The van der Waals surface area contributed by atoms with Crippen LogP contribution in [-0.2, 0) is 4.74 Å². The highest BCUT2D eigenvalue weighted by Gasteiger charge is 2.42. The molecule has 2 saturated heterocycles. The topological polar surface area (TPSA) is 51.9 Å². The van der Waals surface area contributed by atoms with E-state index in [9.17, 15) is 0 Å². The Kier molecular flexibility index (Phi) is 4.82. The van der Waals surface area contributed by atoms with Gasteiger partial charge in [-0.1, -0.05) is 18.6 Å². The van der Waals surface area contributed by atoms with Crippen molar-refractivity contribution in [1.29, 1.82) is 0 Å². The van der Waals surface area contributed by atoms with Crippen molar-refractivity contribution in [3.05, 3.63) is 47.3 Å². The van der Waals surface area contributed by atoms with Gasteiger partial charge in [0, 0.05) is 24.5 Å². The summed E-state index contributed by atoms with van der Waals surface area (Å²) in [6.45, 7) is 4.62. The van der Waals surface area contributed by atoms with E-state index < -0.39 is 0 Å². The van der Waals surface area contributed by atoms with Crippen LogP contribution < -0.4 is 4.74 Å². The van der Waals surface area contributed by atoms with Crippen LogP contribution in [0.25, 0.3) is 16.8 Å². The predicted molar refractivity (Wildman–Crippen MR) is 111 cm³/mol. The lowest BCUT2D eigenvalue weighted by atomic mass is 9.99. The van der Waals surface area contributed by atoms with E-state index >= 15 is 0 Å². The summed E-state index contributed by atoms with van der Waals surface area (Å²) in [4.78, 5) is 7.00. The zero-order valence-corrected chi connectivity index (χ0v) is 17.3. The zero-order valence-electron chi connectivity index (χ0n) is 15.7. The molecule has 0 bridgehead atoms. The van der Waals surface area contributed by atoms with E-state index in [0.717, 1.165) is 33.5 Å². The molecule has 6 nitrogen and oxygen atoms in total. The molecule has 0 aliphatic carbocycles. The van der Waals surface area contributed by atoms with Crippen molar-refractivity contribution in [1.82, 2.24) is 19.5 Å². The third-order valence-corrected chi connectivity index (χ3v) is 6.09. The third kappa shape index (κ3) is 3.54. The summed E-state index contributed by atoms with van der Waals surface area (Å²) >= 11 is 3.46. The Hall–Kier alpha value is -1.96. The summed E-state index contributed by atoms with van der Waals surface area (Å²) in [5, 5.41) is 4.31. The second-order valence-corrected chi connectivity index (χ2v) is 8.60. The fourth-order valence-electron chi connectivity index (χ4n) is 4.00. The molecule has 0 N–H and O–H groups in total. The lowest BCUT2D eigenvalue weighted by Gasteiger charge is -2.45. The molecule has 1 aromatic carbocycles. The highest BCUT2D eigenvalue weighted by atomic mass is 79.9. The van der Waals surface area contributed by atoms with Crippen LogP contribution in [0.15, 0.2) is 47.3 Å². The molecule has 4 heterocycles. The summed E-state index contributed by atoms with van der Waals surface area (Å²) in [5.41, 5.74) is 2.71. The van der Waals surface area contributed by atoms with Gasteiger partial charge in [0.05, 0.1) is 23.9 Å². The van der Waals surface area contributed by atoms with E-state index in [4.69, 9.17) is 9.47 Å². The van der Waals surface area contributed by atoms with Crippen molar-refractivity contribution in [2.45, 2.75) is 24.9 Å². The first-order chi connectivity index (χ1) is 13.7. The second kappa shape index (κ2) is 7.46. The number of halogens is 1. The van der Waals surface area contributed by atoms with Gasteiger partial charge in [-0.25, -0.2) is 9.50 Å². The van der Waals surface area contributed by atoms with Crippen molar-refractivity contribution >= 4 is 21.6 Å². The molecule has 0 saturated carbocycles. The molecule has 7 heteroatoms. The van der Waals surface area contributed by atoms with Crippen LogP contribution in [0.4, 0.5) is 0 Å². The first-order valence-corrected chi connectivity index (χ1v) is 10.6. The van der Waals surface area contributed by atoms with Gasteiger partial charge >= 0.3 is 0 Å². The van der Waals surface area contributed by atoms with Crippen LogP contribution in [0.5, 0.6) is 5.75 Å². The number of aromatic nitrogens is 3. The van der Waals surface area contributed by atoms with Crippen molar-refractivity contribution < 1.29 is 9.47 Å². The number of hydrogen-bond acceptors (Lipinski definition) is 5. The molecule has 28 heavy (non-hydrogen) atoms. The first-order valence-electron chi connectivity index (χ1n) is 9.79. The fourth-order valence-corrected chi connectivity index (χ4v) is 4.37. The number of benzene rings is 1. The minimum atomic E-state index is -0.208. The van der Waals surface area contributed by atoms with Crippen molar-refractivity contribution in [2.75, 3.05) is 32.8 Å². The predicted octanol–water partition coefficient (Wildman–Crippen LogP) is 3.79. The van der Waals surface area contributed by atoms with Crippen LogP contribution in [0, 0.1) is 0 Å². The number of hydrogen-bond donors (Lipinski definition) is 0. The van der Waals surface area contributed by atoms with Gasteiger partial charge in [-0.2, -0.15) is 5.10 Å². The molecule has 146 valence electrons. The normalized spacial score (nSPS) is 19.5. The summed E-state index contributed by atoms with van der Waals surface area (Å²) < 4.78 is 14.6. The lowest BCUT2D eigenvalue weighted by Crippen LogP contribution is -2.61. The van der Waals surface area contributed by atoms with Crippen LogP contribution in [0.2, 0.25) is 0 Å². The smallest absolute Gasteiger partial charge is 0.169 e. The maximum atomic E-state index is 6.40. The first kappa shape index (κ1) is 18.1. The van der Waals surface area contributed by atoms with E-state index in [1.165, 1.54) is 32.4 Å². The highest BCUT2D eigenvalue weighted by molar-refractivity contribution is 9.10.